The molecule has 6 aromatic rings. The number of ether oxygens (including phenoxy) is 2. The molecule has 40 heavy (non-hydrogen) atoms. The molecule has 0 N–H and O–H groups in total. The van der Waals surface area contributed by atoms with Gasteiger partial charge in [0.2, 0.25) is 5.82 Å². The van der Waals surface area contributed by atoms with E-state index in [9.17, 15) is 4.79 Å². The smallest absolute Gasteiger partial charge is 0.282 e. The van der Waals surface area contributed by atoms with Gasteiger partial charge >= 0.3 is 0 Å². The van der Waals surface area contributed by atoms with E-state index in [1.165, 1.54) is 4.68 Å². The molecule has 0 aliphatic carbocycles. The Hall–Kier alpha value is -4.21. The van der Waals surface area contributed by atoms with E-state index in [2.05, 4.69) is 37.0 Å². The highest BCUT2D eigenvalue weighted by Crippen LogP contribution is 2.33. The van der Waals surface area contributed by atoms with Crippen LogP contribution in [0.15, 0.2) is 114 Å². The Bertz CT molecular complexity index is 1950. The van der Waals surface area contributed by atoms with Crippen LogP contribution < -0.4 is 15.0 Å². The van der Waals surface area contributed by atoms with E-state index in [-0.39, 0.29) is 11.4 Å². The molecule has 0 aliphatic heterocycles. The highest BCUT2D eigenvalue weighted by molar-refractivity contribution is 9.10. The second-order valence-electron chi connectivity index (χ2n) is 8.90. The van der Waals surface area contributed by atoms with E-state index in [4.69, 9.17) is 18.9 Å². The predicted octanol–water partition coefficient (Wildman–Crippen LogP) is 7.80. The number of fused-ring (bicyclic) bond motifs is 2. The van der Waals surface area contributed by atoms with Crippen molar-refractivity contribution in [1.82, 2.24) is 9.66 Å². The second kappa shape index (κ2) is 11.1. The molecule has 0 saturated heterocycles. The molecule has 2 heterocycles. The van der Waals surface area contributed by atoms with Crippen LogP contribution in [0.2, 0.25) is 0 Å². The maximum atomic E-state index is 13.6. The first-order valence-corrected chi connectivity index (χ1v) is 13.9. The minimum Gasteiger partial charge on any atom is -0.496 e. The van der Waals surface area contributed by atoms with Crippen LogP contribution in [0, 0.1) is 0 Å². The van der Waals surface area contributed by atoms with Crippen LogP contribution in [0.3, 0.4) is 0 Å². The third-order valence-corrected chi connectivity index (χ3v) is 7.45. The number of hydrogen-bond acceptors (Lipinski definition) is 6. The molecule has 0 amide bonds. The monoisotopic (exact) mass is 657 g/mol. The van der Waals surface area contributed by atoms with Gasteiger partial charge in [0.1, 0.15) is 23.7 Å². The van der Waals surface area contributed by atoms with Gasteiger partial charge in [0.25, 0.3) is 5.56 Å². The Labute approximate surface area is 245 Å². The van der Waals surface area contributed by atoms with E-state index >= 15 is 0 Å². The number of aromatic nitrogens is 2. The third-order valence-electron chi connectivity index (χ3n) is 6.30. The van der Waals surface area contributed by atoms with Gasteiger partial charge in [-0.15, -0.1) is 0 Å². The Morgan fingerprint density at radius 3 is 2.55 bits per heavy atom. The first kappa shape index (κ1) is 26.0. The van der Waals surface area contributed by atoms with Crippen molar-refractivity contribution >= 4 is 59.9 Å². The van der Waals surface area contributed by atoms with Gasteiger partial charge in [0.05, 0.1) is 34.1 Å². The van der Waals surface area contributed by atoms with Gasteiger partial charge in [0, 0.05) is 4.47 Å². The lowest BCUT2D eigenvalue weighted by atomic mass is 10.2. The Kier molecular flexibility index (Phi) is 7.23. The first-order valence-electron chi connectivity index (χ1n) is 12.3. The average molecular weight is 659 g/mol. The molecule has 2 aromatic heterocycles. The van der Waals surface area contributed by atoms with Crippen LogP contribution in [0.1, 0.15) is 11.1 Å². The number of nitrogens with zero attached hydrogens (tertiary/aromatic N) is 3. The fourth-order valence-electron chi connectivity index (χ4n) is 4.29. The lowest BCUT2D eigenvalue weighted by molar-refractivity contribution is 0.304. The van der Waals surface area contributed by atoms with Crippen molar-refractivity contribution in [2.24, 2.45) is 5.10 Å². The fraction of sp³-hybridized carbons (Fsp3) is 0.0645. The van der Waals surface area contributed by atoms with E-state index in [0.717, 1.165) is 25.5 Å². The summed E-state index contributed by atoms with van der Waals surface area (Å²) in [5.41, 5.74) is 2.68. The highest BCUT2D eigenvalue weighted by atomic mass is 79.9. The van der Waals surface area contributed by atoms with Crippen molar-refractivity contribution < 1.29 is 13.9 Å². The second-order valence-corrected chi connectivity index (χ2v) is 10.7. The Morgan fingerprint density at radius 1 is 0.925 bits per heavy atom. The van der Waals surface area contributed by atoms with Crippen molar-refractivity contribution in [3.8, 4) is 23.1 Å². The lowest BCUT2D eigenvalue weighted by Crippen LogP contribution is -2.20. The minimum absolute atomic E-state index is 0.284. The summed E-state index contributed by atoms with van der Waals surface area (Å²) < 4.78 is 20.6. The molecule has 0 aliphatic rings. The average Bonchev–Trinajstić information content (AvgIpc) is 3.41. The van der Waals surface area contributed by atoms with Crippen LogP contribution in [-0.4, -0.2) is 23.0 Å². The molecule has 4 aromatic carbocycles. The molecule has 0 spiro atoms. The van der Waals surface area contributed by atoms with Crippen LogP contribution >= 0.6 is 31.9 Å². The summed E-state index contributed by atoms with van der Waals surface area (Å²) in [7, 11) is 1.60. The number of methoxy groups -OCH3 is 1. The molecule has 7 nitrogen and oxygen atoms in total. The van der Waals surface area contributed by atoms with Gasteiger partial charge in [0.15, 0.2) is 5.76 Å². The Balaban J connectivity index is 1.36. The molecule has 198 valence electrons. The number of hydrogen-bond donors (Lipinski definition) is 0. The summed E-state index contributed by atoms with van der Waals surface area (Å²) >= 11 is 7.03. The van der Waals surface area contributed by atoms with Gasteiger partial charge in [-0.2, -0.15) is 9.78 Å². The molecule has 0 unspecified atom stereocenters. The fourth-order valence-corrected chi connectivity index (χ4v) is 5.07. The summed E-state index contributed by atoms with van der Waals surface area (Å²) in [6, 6.07) is 28.1. The lowest BCUT2D eigenvalue weighted by Gasteiger charge is -2.09. The molecular formula is C31H21Br2N3O4. The molecular weight excluding hydrogens is 638 g/mol. The number of benzene rings is 4. The zero-order chi connectivity index (χ0) is 27.6. The summed E-state index contributed by atoms with van der Waals surface area (Å²) in [5.74, 6) is 2.04. The molecule has 0 fully saturated rings. The quantitative estimate of drug-likeness (QED) is 0.164. The summed E-state index contributed by atoms with van der Waals surface area (Å²) in [4.78, 5) is 18.3. The zero-order valence-electron chi connectivity index (χ0n) is 21.2. The van der Waals surface area contributed by atoms with Crippen LogP contribution in [-0.2, 0) is 6.61 Å². The summed E-state index contributed by atoms with van der Waals surface area (Å²) in [6.45, 7) is 0.434. The first-order chi connectivity index (χ1) is 19.5. The molecule has 6 rings (SSSR count). The van der Waals surface area contributed by atoms with E-state index < -0.39 is 0 Å². The molecule has 9 heteroatoms. The largest absolute Gasteiger partial charge is 0.496 e. The van der Waals surface area contributed by atoms with Crippen molar-refractivity contribution in [2.45, 2.75) is 6.61 Å². The predicted molar refractivity (Wildman–Crippen MR) is 163 cm³/mol. The van der Waals surface area contributed by atoms with E-state index in [1.54, 1.807) is 31.5 Å². The molecule has 0 radical (unpaired) electrons. The van der Waals surface area contributed by atoms with Crippen molar-refractivity contribution in [3.63, 3.8) is 0 Å². The van der Waals surface area contributed by atoms with Gasteiger partial charge in [-0.1, -0.05) is 46.3 Å². The maximum absolute atomic E-state index is 13.6. The standard InChI is InChI=1S/C31H21Br2N3O4/c1-38-26-7-4-8-27-23(26)16-29(40-27)30-35-25-6-3-2-5-22(25)31(37)36(30)34-17-20-11-14-28(24(33)15-20)39-18-19-9-12-21(32)13-10-19/h2-17H,18H2,1H3. The van der Waals surface area contributed by atoms with Gasteiger partial charge < -0.3 is 13.9 Å². The SMILES string of the molecule is COc1cccc2oc(-c3nc4ccccc4c(=O)n3N=Cc3ccc(OCc4ccc(Br)cc4)c(Br)c3)cc12. The molecule has 0 bridgehead atoms. The molecule has 0 atom stereocenters. The van der Waals surface area contributed by atoms with E-state index in [0.29, 0.717) is 40.4 Å². The topological polar surface area (TPSA) is 78.9 Å². The van der Waals surface area contributed by atoms with E-state index in [1.807, 2.05) is 72.8 Å². The normalized spacial score (nSPS) is 11.5. The molecule has 0 saturated carbocycles. The number of halogens is 2. The zero-order valence-corrected chi connectivity index (χ0v) is 24.3. The van der Waals surface area contributed by atoms with Crippen molar-refractivity contribution in [3.05, 3.63) is 121 Å². The van der Waals surface area contributed by atoms with Crippen molar-refractivity contribution in [2.75, 3.05) is 7.11 Å². The summed E-state index contributed by atoms with van der Waals surface area (Å²) in [5, 5.41) is 5.78. The summed E-state index contributed by atoms with van der Waals surface area (Å²) in [6.07, 6.45) is 1.61. The third kappa shape index (κ3) is 5.17. The number of para-hydroxylation sites is 1. The minimum atomic E-state index is -0.308. The van der Waals surface area contributed by atoms with Crippen LogP contribution in [0.4, 0.5) is 0 Å². The van der Waals surface area contributed by atoms with Crippen molar-refractivity contribution in [1.29, 1.82) is 0 Å². The van der Waals surface area contributed by atoms with Crippen LogP contribution in [0.5, 0.6) is 11.5 Å². The van der Waals surface area contributed by atoms with Gasteiger partial charge in [-0.3, -0.25) is 4.79 Å². The van der Waals surface area contributed by atoms with Gasteiger partial charge in [-0.05, 0) is 87.7 Å². The number of rotatable bonds is 7. The highest BCUT2D eigenvalue weighted by Gasteiger charge is 2.18. The van der Waals surface area contributed by atoms with Gasteiger partial charge in [-0.25, -0.2) is 4.98 Å². The Morgan fingerprint density at radius 2 is 1.75 bits per heavy atom. The van der Waals surface area contributed by atoms with Crippen LogP contribution in [0.25, 0.3) is 33.5 Å². The number of furan rings is 1. The maximum Gasteiger partial charge on any atom is 0.282 e.